The third kappa shape index (κ3) is 3880. The molecule has 8 heteroatoms. The van der Waals surface area contributed by atoms with Gasteiger partial charge in [0.15, 0.2) is 0 Å². The first-order valence-corrected chi connectivity index (χ1v) is 2.78. The number of carbonyl (C=O) groups is 1. The van der Waals surface area contributed by atoms with Gasteiger partial charge in [0.25, 0.3) is 5.97 Å². The molecule has 0 rings (SSSR count). The third-order valence-electron chi connectivity index (χ3n) is 0. The first-order chi connectivity index (χ1) is 3.73. The Balaban J connectivity index is -0.0000000910. The molecule has 0 radical (unpaired) electrons. The monoisotopic (exact) mass is 266 g/mol. The Morgan fingerprint density at radius 1 is 1.30 bits per heavy atom. The van der Waals surface area contributed by atoms with Crippen molar-refractivity contribution in [3.8, 4) is 0 Å². The van der Waals surface area contributed by atoms with Crippen LogP contribution in [-0.4, -0.2) is 11.1 Å². The van der Waals surface area contributed by atoms with Crippen molar-refractivity contribution in [2.45, 2.75) is 6.92 Å². The van der Waals surface area contributed by atoms with Crippen molar-refractivity contribution in [1.29, 1.82) is 0 Å². The van der Waals surface area contributed by atoms with Crippen LogP contribution in [0.1, 0.15) is 6.92 Å². The third-order valence-corrected chi connectivity index (χ3v) is 0. The average molecular weight is 267 g/mol. The van der Waals surface area contributed by atoms with Crippen LogP contribution in [0.5, 0.6) is 0 Å². The number of hydrogen-bond donors (Lipinski definition) is 1. The van der Waals surface area contributed by atoms with Crippen molar-refractivity contribution in [2.24, 2.45) is 0 Å². The number of carboxylic acids is 1. The van der Waals surface area contributed by atoms with E-state index in [0.29, 0.717) is 0 Å². The van der Waals surface area contributed by atoms with E-state index < -0.39 is 16.2 Å². The zero-order valence-electron chi connectivity index (χ0n) is 4.67. The number of carboxylic acid groups (broad SMARTS) is 1. The van der Waals surface area contributed by atoms with E-state index in [-0.39, 0.29) is 22.4 Å². The maximum atomic E-state index is 9.00. The topological polar surface area (TPSA) is 130 Å². The van der Waals surface area contributed by atoms with Crippen LogP contribution >= 0.6 is 0 Å². The molecule has 0 aromatic carbocycles. The Morgan fingerprint density at radius 3 is 1.30 bits per heavy atom. The summed E-state index contributed by atoms with van der Waals surface area (Å²) >= 11 is 0. The molecule has 0 aromatic heterocycles. The summed E-state index contributed by atoms with van der Waals surface area (Å²) in [7, 11) is -4.94. The molecule has 0 amide bonds. The maximum absolute atomic E-state index is 9.00. The van der Waals surface area contributed by atoms with Crippen LogP contribution in [0.4, 0.5) is 0 Å². The molecule has 0 fully saturated rings. The minimum atomic E-state index is -4.94. The molecule has 66 valence electrons. The van der Waals surface area contributed by atoms with Crippen molar-refractivity contribution in [3.05, 3.63) is 0 Å². The largest absolute Gasteiger partial charge is 1.00 e. The summed E-state index contributed by atoms with van der Waals surface area (Å²) in [6, 6.07) is 0. The smallest absolute Gasteiger partial charge is 0.481 e. The van der Waals surface area contributed by atoms with E-state index >= 15 is 0 Å². The molecule has 0 spiro atoms. The zero-order valence-corrected chi connectivity index (χ0v) is 6.91. The molecule has 0 atom stereocenters. The van der Waals surface area contributed by atoms with Crippen LogP contribution < -0.4 is 18.6 Å². The molecular formula is C2H4AgClO6. The van der Waals surface area contributed by atoms with Gasteiger partial charge in [-0.2, -0.15) is 0 Å². The Hall–Kier alpha value is 0.340. The van der Waals surface area contributed by atoms with E-state index in [4.69, 9.17) is 28.5 Å². The van der Waals surface area contributed by atoms with E-state index in [2.05, 4.69) is 0 Å². The van der Waals surface area contributed by atoms with Crippen molar-refractivity contribution in [2.75, 3.05) is 0 Å². The summed E-state index contributed by atoms with van der Waals surface area (Å²) in [5.41, 5.74) is 0. The van der Waals surface area contributed by atoms with Gasteiger partial charge in [-0.05, 0) is 0 Å². The molecule has 0 saturated heterocycles. The molecule has 0 unspecified atom stereocenters. The Morgan fingerprint density at radius 2 is 1.30 bits per heavy atom. The van der Waals surface area contributed by atoms with Crippen molar-refractivity contribution < 1.29 is 61.2 Å². The standard InChI is InChI=1S/C2H4O2.Ag.ClHO4/c1-2(3)4;;2-1(3,4)5/h1H3,(H,3,4);;(H,2,3,4,5)/q;+1;/p-1. The molecule has 6 nitrogen and oxygen atoms in total. The quantitative estimate of drug-likeness (QED) is 0.439. The predicted molar refractivity (Wildman–Crippen MR) is 13.3 cm³/mol. The molecule has 0 aliphatic heterocycles. The van der Waals surface area contributed by atoms with Crippen LogP contribution in [0.25, 0.3) is 0 Å². The summed E-state index contributed by atoms with van der Waals surface area (Å²) in [5, 5.41) is 7.42. The van der Waals surface area contributed by atoms with E-state index in [1.165, 1.54) is 0 Å². The molecule has 0 aliphatic carbocycles. The SMILES string of the molecule is CC(=O)O.[Ag+].[O-][Cl+3]([O-])([O-])[O-]. The van der Waals surface area contributed by atoms with Crippen LogP contribution in [-0.2, 0) is 27.2 Å². The number of hydrogen-bond acceptors (Lipinski definition) is 5. The average Bonchev–Trinajstić information content (AvgIpc) is 1.19. The van der Waals surface area contributed by atoms with Gasteiger partial charge in [0.05, 0.1) is 0 Å². The summed E-state index contributed by atoms with van der Waals surface area (Å²) in [6.45, 7) is 1.08. The van der Waals surface area contributed by atoms with Crippen LogP contribution in [0, 0.1) is 10.2 Å². The summed E-state index contributed by atoms with van der Waals surface area (Å²) in [6.07, 6.45) is 0. The van der Waals surface area contributed by atoms with Gasteiger partial charge in [-0.25, -0.2) is 18.6 Å². The minimum absolute atomic E-state index is 0. The summed E-state index contributed by atoms with van der Waals surface area (Å²) in [5.74, 6) is -0.833. The van der Waals surface area contributed by atoms with Gasteiger partial charge in [0, 0.05) is 6.92 Å². The van der Waals surface area contributed by atoms with Gasteiger partial charge in [0.1, 0.15) is 0 Å². The summed E-state index contributed by atoms with van der Waals surface area (Å²) in [4.78, 5) is 9.00. The maximum Gasteiger partial charge on any atom is 1.00 e. The van der Waals surface area contributed by atoms with Crippen molar-refractivity contribution in [3.63, 3.8) is 0 Å². The summed E-state index contributed by atoms with van der Waals surface area (Å²) < 4.78 is 34.0. The molecule has 0 heterocycles. The van der Waals surface area contributed by atoms with Gasteiger partial charge in [-0.1, -0.05) is 0 Å². The fourth-order valence-corrected chi connectivity index (χ4v) is 0. The van der Waals surface area contributed by atoms with Gasteiger partial charge in [-0.3, -0.25) is 4.79 Å². The predicted octanol–water partition coefficient (Wildman–Crippen LogP) is -4.67. The van der Waals surface area contributed by atoms with Crippen LogP contribution in [0.15, 0.2) is 0 Å². The fraction of sp³-hybridized carbons (Fsp3) is 0.500. The second-order valence-corrected chi connectivity index (χ2v) is 1.65. The van der Waals surface area contributed by atoms with Crippen molar-refractivity contribution >= 4 is 5.97 Å². The Bertz CT molecular complexity index is 78.2. The molecule has 1 N–H and O–H groups in total. The van der Waals surface area contributed by atoms with E-state index in [0.717, 1.165) is 6.92 Å². The van der Waals surface area contributed by atoms with Gasteiger partial charge in [-0.15, -0.1) is 10.2 Å². The molecule has 0 aromatic rings. The van der Waals surface area contributed by atoms with E-state index in [1.54, 1.807) is 0 Å². The van der Waals surface area contributed by atoms with Crippen LogP contribution in [0.3, 0.4) is 0 Å². The molecule has 0 bridgehead atoms. The van der Waals surface area contributed by atoms with Gasteiger partial charge >= 0.3 is 22.4 Å². The second kappa shape index (κ2) is 7.45. The molecule has 0 aliphatic rings. The van der Waals surface area contributed by atoms with Crippen molar-refractivity contribution in [1.82, 2.24) is 0 Å². The van der Waals surface area contributed by atoms with Gasteiger partial charge in [0.2, 0.25) is 0 Å². The number of halogens is 1. The number of aliphatic carboxylic acids is 1. The number of rotatable bonds is 0. The minimum Gasteiger partial charge on any atom is -0.481 e. The van der Waals surface area contributed by atoms with Crippen LogP contribution in [0.2, 0.25) is 0 Å². The Kier molecular flexibility index (Phi) is 12.5. The normalized spacial score (nSPS) is 8.50. The molecule has 10 heavy (non-hydrogen) atoms. The first kappa shape index (κ1) is 16.7. The first-order valence-electron chi connectivity index (χ1n) is 1.54. The second-order valence-electron chi connectivity index (χ2n) is 0.897. The van der Waals surface area contributed by atoms with E-state index in [1.807, 2.05) is 0 Å². The Labute approximate surface area is 74.3 Å². The fourth-order valence-electron chi connectivity index (χ4n) is 0. The zero-order chi connectivity index (χ0) is 8.08. The van der Waals surface area contributed by atoms with E-state index in [9.17, 15) is 0 Å². The molecule has 0 saturated carbocycles. The molecular weight excluding hydrogens is 263 g/mol. The van der Waals surface area contributed by atoms with Gasteiger partial charge < -0.3 is 5.11 Å².